The van der Waals surface area contributed by atoms with Gasteiger partial charge in [-0.1, -0.05) is 0 Å². The van der Waals surface area contributed by atoms with Crippen LogP contribution in [0.5, 0.6) is 0 Å². The Labute approximate surface area is 814 Å². The summed E-state index contributed by atoms with van der Waals surface area (Å²) in [6.45, 7) is 16.9. The first-order valence-corrected chi connectivity index (χ1v) is 48.4. The minimum absolute atomic E-state index is 0.540. The normalized spacial score (nSPS) is 34.3. The van der Waals surface area contributed by atoms with Crippen molar-refractivity contribution in [3.63, 3.8) is 0 Å². The van der Waals surface area contributed by atoms with Gasteiger partial charge in [0.25, 0.3) is 0 Å². The largest absolute Gasteiger partial charge is 0.463 e. The summed E-state index contributed by atoms with van der Waals surface area (Å²) in [5.41, 5.74) is -10.5. The molecule has 0 amide bonds. The Kier molecular flexibility index (Phi) is 45.3. The molecular weight excluding hydrogens is 1980 g/mol. The Balaban J connectivity index is 1.40. The number of carbonyl (C=O) groups excluding carboxylic acids is 20. The van der Waals surface area contributed by atoms with Crippen molar-refractivity contribution >= 4 is 190 Å². The number of aliphatic hydroxyl groups excluding tert-OH is 3. The van der Waals surface area contributed by atoms with Crippen molar-refractivity contribution in [2.45, 2.75) is 347 Å². The van der Waals surface area contributed by atoms with Crippen molar-refractivity contribution in [2.75, 3.05) is 42.8 Å². The quantitative estimate of drug-likeness (QED) is 0.0513. The fraction of sp³-hybridized carbons (Fsp3) is 0.756. The Morgan fingerprint density at radius 1 is 0.188 bits per heavy atom. The third-order valence-corrected chi connectivity index (χ3v) is 27.9. The number of esters is 20. The van der Waals surface area contributed by atoms with Crippen LogP contribution in [0.25, 0.3) is 0 Å². The summed E-state index contributed by atoms with van der Waals surface area (Å²) in [5.74, 6) is -23.1. The second-order valence-electron chi connectivity index (χ2n) is 31.5. The van der Waals surface area contributed by atoms with Crippen LogP contribution in [-0.4, -0.2) is 386 Å². The van der Waals surface area contributed by atoms with E-state index < -0.39 is 370 Å². The zero-order valence-corrected chi connectivity index (χ0v) is 83.0. The van der Waals surface area contributed by atoms with Crippen molar-refractivity contribution in [1.82, 2.24) is 0 Å². The van der Waals surface area contributed by atoms with Crippen LogP contribution >= 0.6 is 70.6 Å². The lowest BCUT2D eigenvalue weighted by Crippen LogP contribution is -2.64. The van der Waals surface area contributed by atoms with Gasteiger partial charge in [0.05, 0.1) is 16.6 Å². The molecule has 0 aromatic heterocycles. The molecule has 0 bridgehead atoms. The number of hydrogen-bond donors (Lipinski definition) is 3. The summed E-state index contributed by atoms with van der Waals surface area (Å²) in [6, 6.07) is 0. The number of rotatable bonds is 39. The molecule has 7 saturated heterocycles. The van der Waals surface area contributed by atoms with E-state index in [1.165, 1.54) is 0 Å². The molecule has 0 radical (unpaired) electrons. The molecule has 0 saturated carbocycles. The zero-order valence-electron chi connectivity index (χ0n) is 78.1. The fourth-order valence-electron chi connectivity index (χ4n) is 15.3. The molecule has 0 spiro atoms. The van der Waals surface area contributed by atoms with Gasteiger partial charge in [-0.15, -0.1) is 70.6 Å². The van der Waals surface area contributed by atoms with Crippen molar-refractivity contribution in [3.8, 4) is 0 Å². The van der Waals surface area contributed by atoms with Crippen LogP contribution in [0.15, 0.2) is 0 Å². The summed E-state index contributed by atoms with van der Waals surface area (Å²) in [4.78, 5) is 263. The molecule has 0 unspecified atom stereocenters. The van der Waals surface area contributed by atoms with Crippen LogP contribution in [0, 0.1) is 0 Å². The number of hydrogen-bond acceptors (Lipinski definition) is 56. The molecule has 7 aliphatic rings. The first kappa shape index (κ1) is 116. The molecular formula is C82H112O50S6. The minimum Gasteiger partial charge on any atom is -0.463 e. The van der Waals surface area contributed by atoms with E-state index >= 15 is 0 Å². The lowest BCUT2D eigenvalue weighted by molar-refractivity contribution is -0.292. The summed E-state index contributed by atoms with van der Waals surface area (Å²) in [5, 5.41) is 33.1. The van der Waals surface area contributed by atoms with E-state index in [1.54, 1.807) is 0 Å². The van der Waals surface area contributed by atoms with Gasteiger partial charge in [-0.3, -0.25) is 95.9 Å². The van der Waals surface area contributed by atoms with Crippen molar-refractivity contribution in [1.29, 1.82) is 0 Å². The number of ether oxygens (including phenoxy) is 27. The molecule has 7 fully saturated rings. The highest BCUT2D eigenvalue weighted by Crippen LogP contribution is 2.50. The van der Waals surface area contributed by atoms with Crippen molar-refractivity contribution in [2.24, 2.45) is 0 Å². The number of aliphatic hydroxyl groups is 3. The van der Waals surface area contributed by atoms with Crippen LogP contribution in [0.4, 0.5) is 0 Å². The van der Waals surface area contributed by atoms with Gasteiger partial charge in [-0.05, 0) is 0 Å². The molecule has 776 valence electrons. The molecule has 7 aliphatic heterocycles. The summed E-state index contributed by atoms with van der Waals surface area (Å²) < 4.78 is 160. The van der Waals surface area contributed by atoms with Crippen molar-refractivity contribution < 1.29 is 239 Å². The topological polar surface area (TPSA) is 651 Å². The minimum atomic E-state index is -2.23. The third-order valence-electron chi connectivity index (χ3n) is 20.0. The van der Waals surface area contributed by atoms with E-state index in [0.29, 0.717) is 70.6 Å². The van der Waals surface area contributed by atoms with Crippen LogP contribution in [0.1, 0.15) is 138 Å². The second-order valence-corrected chi connectivity index (χ2v) is 38.6. The van der Waals surface area contributed by atoms with Crippen LogP contribution in [0.2, 0.25) is 0 Å². The van der Waals surface area contributed by atoms with Crippen LogP contribution in [-0.2, 0) is 224 Å². The molecule has 35 atom stereocenters. The SMILES string of the molecule is CC(=O)OC[C@H]1O[C@@H](SC[C@H]2O[C@@H](SC[C@H]3O[C@@H](SC[C@H]4O[C@@H](SC[C@H]5O[C@@H](OC(C)=O)[C@H](OC(C)=O)[C@@H](OC(C)=O)[C@@H]5OC(C)=O)[C@H](OC(C)=O)[C@@H](S[C@@H]5O[C@H](COC(C)=O)[C@@H](OC(C)=O)[C@H](OC(C)=O)[C@H]5OC(C)=O)[C@@H]4OC(C)=O)[C@H](O)[C@@H](O)[C@@H]3O)[C@H](OC(C)=O)[C@@H](S[C@@H]3O[C@H](COC(C)=O)[C@@H](OC(C)=O)[C@H](OC(C)=O)[C@H]3OC(C)=O)[C@@H]2OC(C)=O)[C@H](OC(C)=O)[C@@H](OC(C)=O)[C@@H]1OC(C)=O. The fourth-order valence-corrected chi connectivity index (χ4v) is 23.8. The summed E-state index contributed by atoms with van der Waals surface area (Å²) in [6.07, 6.45) is -49.3. The average Bonchev–Trinajstić information content (AvgIpc) is 0.776. The van der Waals surface area contributed by atoms with Crippen molar-refractivity contribution in [3.05, 3.63) is 0 Å². The van der Waals surface area contributed by atoms with E-state index in [-0.39, 0.29) is 0 Å². The van der Waals surface area contributed by atoms with Crippen LogP contribution < -0.4 is 0 Å². The van der Waals surface area contributed by atoms with Gasteiger partial charge in [0.1, 0.15) is 120 Å². The van der Waals surface area contributed by atoms with E-state index in [1.807, 2.05) is 0 Å². The van der Waals surface area contributed by atoms with Gasteiger partial charge in [0.2, 0.25) is 12.4 Å². The molecule has 56 heteroatoms. The highest BCUT2D eigenvalue weighted by molar-refractivity contribution is 8.02. The monoisotopic (exact) mass is 2090 g/mol. The molecule has 0 aromatic carbocycles. The average molecular weight is 2090 g/mol. The first-order chi connectivity index (χ1) is 64.6. The predicted molar refractivity (Wildman–Crippen MR) is 462 cm³/mol. The summed E-state index contributed by atoms with van der Waals surface area (Å²) in [7, 11) is 0. The molecule has 3 N–H and O–H groups in total. The van der Waals surface area contributed by atoms with Gasteiger partial charge >= 0.3 is 119 Å². The highest BCUT2D eigenvalue weighted by Gasteiger charge is 2.63. The maximum Gasteiger partial charge on any atom is 0.305 e. The molecule has 7 rings (SSSR count). The Morgan fingerprint density at radius 3 is 0.688 bits per heavy atom. The molecule has 0 aliphatic carbocycles. The number of thioether (sulfide) groups is 6. The van der Waals surface area contributed by atoms with E-state index in [0.717, 1.165) is 138 Å². The summed E-state index contributed by atoms with van der Waals surface area (Å²) >= 11 is 3.63. The molecule has 7 heterocycles. The maximum absolute atomic E-state index is 13.9. The predicted octanol–water partition coefficient (Wildman–Crippen LogP) is -0.561. The Hall–Kier alpha value is -8.90. The third kappa shape index (κ3) is 34.5. The lowest BCUT2D eigenvalue weighted by atomic mass is 9.98. The molecule has 138 heavy (non-hydrogen) atoms. The Morgan fingerprint density at radius 2 is 0.391 bits per heavy atom. The second kappa shape index (κ2) is 53.8. The zero-order chi connectivity index (χ0) is 103. The first-order valence-electron chi connectivity index (χ1n) is 42.3. The maximum atomic E-state index is 13.9. The van der Waals surface area contributed by atoms with E-state index in [9.17, 15) is 111 Å². The van der Waals surface area contributed by atoms with Gasteiger partial charge in [-0.2, -0.15) is 0 Å². The van der Waals surface area contributed by atoms with Gasteiger partial charge in [0, 0.05) is 161 Å². The highest BCUT2D eigenvalue weighted by atomic mass is 32.2. The molecule has 0 aromatic rings. The van der Waals surface area contributed by atoms with Crippen LogP contribution in [0.3, 0.4) is 0 Å². The van der Waals surface area contributed by atoms with E-state index in [4.69, 9.17) is 128 Å². The van der Waals surface area contributed by atoms with Gasteiger partial charge in [0.15, 0.2) is 79.4 Å². The standard InChI is InChI=1S/C82H112O50S6/c1-28(83)106-21-48-58(109-31(4)86)65(116-38(11)93)69(120-42(15)97)78(127-48)135-27-54-63(114-36(9)91)75(138-82-71(122-44(17)99)67(118-40(13)95)60(111-33(6)88)50(129-82)23-108-30(3)85)72(123-45(18)100)79(132-54)134-24-51-55(103)56(104)57(105)77(130-51)133-26-53-62(113-35(8)90)74(137-81-70(121-43(16)98)66(117-39(12)94)59(110-32(5)87)49(128-81)22-107-29(2)84)73(124-46(19)101)80(131-53)136-25-52-61(112-34(7)89)64(115-37(10)92)68(119-41(14)96)76(126-52)125-47(20)102/h48-82,103-105H,21-27H2,1-20H3/t48-,49-,50-,51-,52-,53-,54-,55-,56+,57-,58-,59-,60-,61-,62-,63-,64+,65+,66+,67+,68-,69-,70-,71-,72-,73-,74+,75+,76-,77+,78+,79+,80+,81+,82+/m1/s1. The Bertz CT molecular complexity index is 4340. The number of carbonyl (C=O) groups is 20. The lowest BCUT2D eigenvalue weighted by Gasteiger charge is -2.49. The smallest absolute Gasteiger partial charge is 0.305 e. The van der Waals surface area contributed by atoms with Gasteiger partial charge in [-0.25, -0.2) is 0 Å². The van der Waals surface area contributed by atoms with Gasteiger partial charge < -0.3 is 143 Å². The van der Waals surface area contributed by atoms with E-state index in [2.05, 4.69) is 0 Å². The molecule has 50 nitrogen and oxygen atoms in total.